The number of rotatable bonds is 6. The van der Waals surface area contributed by atoms with Crippen LogP contribution in [0.4, 0.5) is 0 Å². The van der Waals surface area contributed by atoms with Crippen LogP contribution in [0.5, 0.6) is 5.75 Å². The number of nitrogens with zero attached hydrogens (tertiary/aromatic N) is 1. The van der Waals surface area contributed by atoms with Crippen molar-refractivity contribution in [3.05, 3.63) is 65.7 Å². The Balaban J connectivity index is 1.51. The fourth-order valence-electron chi connectivity index (χ4n) is 2.76. The van der Waals surface area contributed by atoms with Crippen LogP contribution in [0, 0.1) is 0 Å². The van der Waals surface area contributed by atoms with Crippen LogP contribution >= 0.6 is 0 Å². The van der Waals surface area contributed by atoms with E-state index in [1.165, 1.54) is 11.1 Å². The van der Waals surface area contributed by atoms with Crippen molar-refractivity contribution in [3.63, 3.8) is 0 Å². The first-order valence-corrected chi connectivity index (χ1v) is 8.13. The molecule has 4 nitrogen and oxygen atoms in total. The maximum absolute atomic E-state index is 5.82. The average Bonchev–Trinajstić information content (AvgIpc) is 2.62. The van der Waals surface area contributed by atoms with Gasteiger partial charge in [-0.15, -0.1) is 0 Å². The molecule has 0 spiro atoms. The van der Waals surface area contributed by atoms with Gasteiger partial charge in [0.1, 0.15) is 12.4 Å². The zero-order chi connectivity index (χ0) is 15.9. The summed E-state index contributed by atoms with van der Waals surface area (Å²) in [5.74, 6) is 0.902. The second-order valence-electron chi connectivity index (χ2n) is 5.88. The van der Waals surface area contributed by atoms with Crippen LogP contribution in [-0.4, -0.2) is 37.2 Å². The minimum Gasteiger partial charge on any atom is -0.489 e. The fourth-order valence-corrected chi connectivity index (χ4v) is 2.76. The highest BCUT2D eigenvalue weighted by atomic mass is 16.5. The molecule has 2 aromatic rings. The van der Waals surface area contributed by atoms with E-state index in [4.69, 9.17) is 15.2 Å². The second-order valence-corrected chi connectivity index (χ2v) is 5.88. The molecule has 0 radical (unpaired) electrons. The lowest BCUT2D eigenvalue weighted by Gasteiger charge is -2.32. The maximum Gasteiger partial charge on any atom is 0.119 e. The molecule has 1 unspecified atom stereocenters. The van der Waals surface area contributed by atoms with E-state index in [2.05, 4.69) is 29.2 Å². The molecule has 1 fully saturated rings. The normalized spacial score (nSPS) is 18.7. The van der Waals surface area contributed by atoms with Crippen molar-refractivity contribution in [3.8, 4) is 5.75 Å². The van der Waals surface area contributed by atoms with Gasteiger partial charge in [-0.25, -0.2) is 0 Å². The van der Waals surface area contributed by atoms with Crippen molar-refractivity contribution < 1.29 is 9.47 Å². The van der Waals surface area contributed by atoms with E-state index in [0.717, 1.165) is 32.0 Å². The highest BCUT2D eigenvalue weighted by molar-refractivity contribution is 5.27. The molecule has 23 heavy (non-hydrogen) atoms. The Kier molecular flexibility index (Phi) is 5.64. The molecule has 2 N–H and O–H groups in total. The minimum atomic E-state index is 0.164. The summed E-state index contributed by atoms with van der Waals surface area (Å²) in [6, 6.07) is 18.6. The predicted molar refractivity (Wildman–Crippen MR) is 91.3 cm³/mol. The van der Waals surface area contributed by atoms with Crippen LogP contribution in [0.15, 0.2) is 54.6 Å². The van der Waals surface area contributed by atoms with Gasteiger partial charge < -0.3 is 15.2 Å². The lowest BCUT2D eigenvalue weighted by Crippen LogP contribution is -2.45. The first kappa shape index (κ1) is 16.0. The van der Waals surface area contributed by atoms with Gasteiger partial charge in [0.15, 0.2) is 0 Å². The van der Waals surface area contributed by atoms with E-state index in [9.17, 15) is 0 Å². The molecule has 1 heterocycles. The number of benzene rings is 2. The number of hydrogen-bond acceptors (Lipinski definition) is 4. The molecule has 0 amide bonds. The first-order chi connectivity index (χ1) is 11.3. The van der Waals surface area contributed by atoms with Crippen molar-refractivity contribution in [1.82, 2.24) is 4.90 Å². The Morgan fingerprint density at radius 1 is 1.04 bits per heavy atom. The molecule has 1 aliphatic rings. The third kappa shape index (κ3) is 4.79. The zero-order valence-electron chi connectivity index (χ0n) is 13.4. The largest absolute Gasteiger partial charge is 0.489 e. The second kappa shape index (κ2) is 8.11. The van der Waals surface area contributed by atoms with E-state index < -0.39 is 0 Å². The predicted octanol–water partition coefficient (Wildman–Crippen LogP) is 2.43. The molecule has 0 aliphatic carbocycles. The van der Waals surface area contributed by atoms with Crippen molar-refractivity contribution in [1.29, 1.82) is 0 Å². The van der Waals surface area contributed by atoms with Crippen molar-refractivity contribution in [2.24, 2.45) is 5.73 Å². The summed E-state index contributed by atoms with van der Waals surface area (Å²) in [7, 11) is 0. The molecular weight excluding hydrogens is 288 g/mol. The molecule has 0 saturated carbocycles. The van der Waals surface area contributed by atoms with E-state index in [-0.39, 0.29) is 6.10 Å². The van der Waals surface area contributed by atoms with Gasteiger partial charge in [0.25, 0.3) is 0 Å². The van der Waals surface area contributed by atoms with Gasteiger partial charge in [-0.1, -0.05) is 42.5 Å². The molecule has 0 bridgehead atoms. The third-order valence-electron chi connectivity index (χ3n) is 4.06. The number of morpholine rings is 1. The molecule has 3 rings (SSSR count). The Hall–Kier alpha value is -1.88. The highest BCUT2D eigenvalue weighted by Gasteiger charge is 2.18. The van der Waals surface area contributed by atoms with Crippen LogP contribution in [-0.2, 0) is 17.9 Å². The monoisotopic (exact) mass is 312 g/mol. The zero-order valence-corrected chi connectivity index (χ0v) is 13.4. The molecule has 1 saturated heterocycles. The smallest absolute Gasteiger partial charge is 0.119 e. The Labute approximate surface area is 137 Å². The topological polar surface area (TPSA) is 47.7 Å². The summed E-state index contributed by atoms with van der Waals surface area (Å²) in [5, 5.41) is 0. The van der Waals surface area contributed by atoms with Gasteiger partial charge in [0, 0.05) is 26.2 Å². The molecule has 122 valence electrons. The van der Waals surface area contributed by atoms with E-state index in [0.29, 0.717) is 13.2 Å². The van der Waals surface area contributed by atoms with Gasteiger partial charge in [0.2, 0.25) is 0 Å². The van der Waals surface area contributed by atoms with Gasteiger partial charge in [-0.05, 0) is 23.3 Å². The molecule has 4 heteroatoms. The van der Waals surface area contributed by atoms with Crippen LogP contribution in [0.25, 0.3) is 0 Å². The molecule has 1 aliphatic heterocycles. The molecule has 0 aromatic heterocycles. The quantitative estimate of drug-likeness (QED) is 0.890. The van der Waals surface area contributed by atoms with E-state index >= 15 is 0 Å². The number of hydrogen-bond donors (Lipinski definition) is 1. The minimum absolute atomic E-state index is 0.164. The van der Waals surface area contributed by atoms with Crippen LogP contribution in [0.2, 0.25) is 0 Å². The van der Waals surface area contributed by atoms with E-state index in [1.807, 2.05) is 30.3 Å². The van der Waals surface area contributed by atoms with Crippen molar-refractivity contribution in [2.75, 3.05) is 26.2 Å². The van der Waals surface area contributed by atoms with Crippen molar-refractivity contribution in [2.45, 2.75) is 19.3 Å². The third-order valence-corrected chi connectivity index (χ3v) is 4.06. The highest BCUT2D eigenvalue weighted by Crippen LogP contribution is 2.16. The molecular formula is C19H24N2O2. The maximum atomic E-state index is 5.82. The standard InChI is InChI=1S/C19H24N2O2/c20-12-19-14-21(10-11-22-19)13-16-6-8-18(9-7-16)23-15-17-4-2-1-3-5-17/h1-9,19H,10-15,20H2. The Bertz CT molecular complexity index is 586. The summed E-state index contributed by atoms with van der Waals surface area (Å²) in [5.41, 5.74) is 8.16. The lowest BCUT2D eigenvalue weighted by atomic mass is 10.2. The summed E-state index contributed by atoms with van der Waals surface area (Å²) in [6.07, 6.45) is 0.164. The number of nitrogens with two attached hydrogens (primary N) is 1. The van der Waals surface area contributed by atoms with Crippen LogP contribution < -0.4 is 10.5 Å². The Morgan fingerprint density at radius 2 is 1.83 bits per heavy atom. The fraction of sp³-hybridized carbons (Fsp3) is 0.368. The summed E-state index contributed by atoms with van der Waals surface area (Å²) < 4.78 is 11.4. The van der Waals surface area contributed by atoms with Gasteiger partial charge in [0.05, 0.1) is 12.7 Å². The first-order valence-electron chi connectivity index (χ1n) is 8.13. The number of ether oxygens (including phenoxy) is 2. The molecule has 2 aromatic carbocycles. The van der Waals surface area contributed by atoms with Crippen LogP contribution in [0.1, 0.15) is 11.1 Å². The molecule has 1 atom stereocenters. The summed E-state index contributed by atoms with van der Waals surface area (Å²) in [4.78, 5) is 2.39. The SMILES string of the molecule is NCC1CN(Cc2ccc(OCc3ccccc3)cc2)CCO1. The van der Waals surface area contributed by atoms with Gasteiger partial charge in [-0.3, -0.25) is 4.90 Å². The van der Waals surface area contributed by atoms with Gasteiger partial charge >= 0.3 is 0 Å². The van der Waals surface area contributed by atoms with E-state index in [1.54, 1.807) is 0 Å². The average molecular weight is 312 g/mol. The summed E-state index contributed by atoms with van der Waals surface area (Å²) in [6.45, 7) is 4.75. The van der Waals surface area contributed by atoms with Crippen LogP contribution in [0.3, 0.4) is 0 Å². The lowest BCUT2D eigenvalue weighted by molar-refractivity contribution is -0.0260. The van der Waals surface area contributed by atoms with Gasteiger partial charge in [-0.2, -0.15) is 0 Å². The Morgan fingerprint density at radius 3 is 2.57 bits per heavy atom. The summed E-state index contributed by atoms with van der Waals surface area (Å²) >= 11 is 0. The van der Waals surface area contributed by atoms with Crippen molar-refractivity contribution >= 4 is 0 Å².